The Labute approximate surface area is 133 Å². The molecule has 1 saturated heterocycles. The van der Waals surface area contributed by atoms with Crippen molar-refractivity contribution in [3.63, 3.8) is 0 Å². The quantitative estimate of drug-likeness (QED) is 0.534. The van der Waals surface area contributed by atoms with Gasteiger partial charge in [-0.15, -0.1) is 0 Å². The maximum absolute atomic E-state index is 11.9. The van der Waals surface area contributed by atoms with Crippen LogP contribution in [0.1, 0.15) is 41.0 Å². The van der Waals surface area contributed by atoms with E-state index < -0.39 is 0 Å². The Hall–Kier alpha value is -1.30. The third kappa shape index (κ3) is 3.54. The van der Waals surface area contributed by atoms with Crippen molar-refractivity contribution >= 4 is 11.9 Å². The SMILES string of the molecule is CN=C(NCC(=O)NC(C)(C)C)NC1C2CCOC2C1(C)C. The van der Waals surface area contributed by atoms with Gasteiger partial charge in [0.1, 0.15) is 0 Å². The average Bonchev–Trinajstić information content (AvgIpc) is 2.83. The highest BCUT2D eigenvalue weighted by Crippen LogP contribution is 2.51. The summed E-state index contributed by atoms with van der Waals surface area (Å²) < 4.78 is 5.80. The van der Waals surface area contributed by atoms with E-state index in [0.717, 1.165) is 13.0 Å². The van der Waals surface area contributed by atoms with Gasteiger partial charge in [0.05, 0.1) is 12.6 Å². The van der Waals surface area contributed by atoms with Crippen LogP contribution in [0.2, 0.25) is 0 Å². The molecule has 0 spiro atoms. The van der Waals surface area contributed by atoms with E-state index in [1.54, 1.807) is 7.05 Å². The first-order valence-electron chi connectivity index (χ1n) is 8.05. The number of nitrogens with one attached hydrogen (secondary N) is 3. The lowest BCUT2D eigenvalue weighted by atomic mass is 9.57. The van der Waals surface area contributed by atoms with E-state index in [1.807, 2.05) is 20.8 Å². The van der Waals surface area contributed by atoms with Crippen LogP contribution in [-0.4, -0.2) is 49.8 Å². The van der Waals surface area contributed by atoms with Gasteiger partial charge in [0, 0.05) is 36.6 Å². The second-order valence-corrected chi connectivity index (χ2v) is 7.91. The zero-order chi connectivity index (χ0) is 16.5. The molecule has 1 heterocycles. The predicted molar refractivity (Wildman–Crippen MR) is 87.8 cm³/mol. The van der Waals surface area contributed by atoms with Crippen molar-refractivity contribution in [1.82, 2.24) is 16.0 Å². The minimum Gasteiger partial charge on any atom is -0.377 e. The summed E-state index contributed by atoms with van der Waals surface area (Å²) in [5.74, 6) is 1.18. The molecule has 1 aliphatic carbocycles. The molecule has 2 aliphatic rings. The van der Waals surface area contributed by atoms with Crippen molar-refractivity contribution in [1.29, 1.82) is 0 Å². The maximum atomic E-state index is 11.9. The van der Waals surface area contributed by atoms with Crippen LogP contribution in [0, 0.1) is 11.3 Å². The summed E-state index contributed by atoms with van der Waals surface area (Å²) in [5, 5.41) is 9.49. The third-order valence-electron chi connectivity index (χ3n) is 4.55. The molecule has 1 aliphatic heterocycles. The van der Waals surface area contributed by atoms with Crippen LogP contribution in [0.4, 0.5) is 0 Å². The lowest BCUT2D eigenvalue weighted by molar-refractivity contribution is -0.121. The number of ether oxygens (including phenoxy) is 1. The summed E-state index contributed by atoms with van der Waals surface area (Å²) >= 11 is 0. The Balaban J connectivity index is 1.85. The number of carbonyl (C=O) groups excluding carboxylic acids is 1. The number of amides is 1. The van der Waals surface area contributed by atoms with Gasteiger partial charge in [-0.3, -0.25) is 9.79 Å². The van der Waals surface area contributed by atoms with Crippen molar-refractivity contribution in [3.05, 3.63) is 0 Å². The fourth-order valence-corrected chi connectivity index (χ4v) is 3.59. The Morgan fingerprint density at radius 3 is 2.64 bits per heavy atom. The Morgan fingerprint density at radius 1 is 1.36 bits per heavy atom. The molecule has 6 nitrogen and oxygen atoms in total. The summed E-state index contributed by atoms with van der Waals surface area (Å²) in [7, 11) is 1.73. The molecule has 1 amide bonds. The summed E-state index contributed by atoms with van der Waals surface area (Å²) in [6.45, 7) is 11.4. The van der Waals surface area contributed by atoms with Crippen LogP contribution in [0.5, 0.6) is 0 Å². The molecule has 0 aromatic carbocycles. The molecular formula is C16H30N4O2. The lowest BCUT2D eigenvalue weighted by Crippen LogP contribution is -2.68. The highest BCUT2D eigenvalue weighted by Gasteiger charge is 2.59. The van der Waals surface area contributed by atoms with Gasteiger partial charge in [-0.25, -0.2) is 0 Å². The van der Waals surface area contributed by atoms with E-state index in [9.17, 15) is 4.79 Å². The van der Waals surface area contributed by atoms with E-state index >= 15 is 0 Å². The standard InChI is InChI=1S/C16H30N4O2/c1-15(2,3)20-11(21)9-18-14(17-6)19-12-10-7-8-22-13(10)16(12,4)5/h10,12-13H,7-9H2,1-6H3,(H,20,21)(H2,17,18,19). The zero-order valence-electron chi connectivity index (χ0n) is 14.6. The highest BCUT2D eigenvalue weighted by molar-refractivity contribution is 5.86. The first-order valence-corrected chi connectivity index (χ1v) is 8.05. The van der Waals surface area contributed by atoms with Crippen molar-refractivity contribution in [2.75, 3.05) is 20.2 Å². The molecular weight excluding hydrogens is 280 g/mol. The van der Waals surface area contributed by atoms with Gasteiger partial charge < -0.3 is 20.7 Å². The van der Waals surface area contributed by atoms with Gasteiger partial charge in [-0.1, -0.05) is 13.8 Å². The largest absolute Gasteiger partial charge is 0.377 e. The summed E-state index contributed by atoms with van der Waals surface area (Å²) in [6, 6.07) is 0.330. The van der Waals surface area contributed by atoms with E-state index in [2.05, 4.69) is 34.8 Å². The summed E-state index contributed by atoms with van der Waals surface area (Å²) in [4.78, 5) is 16.1. The number of fused-ring (bicyclic) bond motifs is 1. The molecule has 22 heavy (non-hydrogen) atoms. The summed E-state index contributed by atoms with van der Waals surface area (Å²) in [5.41, 5.74) is -0.132. The number of carbonyl (C=O) groups is 1. The van der Waals surface area contributed by atoms with Gasteiger partial charge in [0.2, 0.25) is 5.91 Å². The Kier molecular flexibility index (Phi) is 4.70. The maximum Gasteiger partial charge on any atom is 0.239 e. The van der Waals surface area contributed by atoms with E-state index in [4.69, 9.17) is 4.74 Å². The van der Waals surface area contributed by atoms with E-state index in [0.29, 0.717) is 24.0 Å². The van der Waals surface area contributed by atoms with Crippen molar-refractivity contribution in [2.24, 2.45) is 16.3 Å². The van der Waals surface area contributed by atoms with Crippen LogP contribution in [0.3, 0.4) is 0 Å². The number of guanidine groups is 1. The second kappa shape index (κ2) is 6.07. The number of hydrogen-bond donors (Lipinski definition) is 3. The fourth-order valence-electron chi connectivity index (χ4n) is 3.59. The molecule has 0 radical (unpaired) electrons. The molecule has 0 bridgehead atoms. The minimum atomic E-state index is -0.222. The third-order valence-corrected chi connectivity index (χ3v) is 4.55. The molecule has 2 fully saturated rings. The van der Waals surface area contributed by atoms with Crippen LogP contribution >= 0.6 is 0 Å². The van der Waals surface area contributed by atoms with Crippen molar-refractivity contribution < 1.29 is 9.53 Å². The van der Waals surface area contributed by atoms with Crippen LogP contribution in [0.15, 0.2) is 4.99 Å². The van der Waals surface area contributed by atoms with Crippen molar-refractivity contribution in [3.8, 4) is 0 Å². The molecule has 0 aromatic heterocycles. The fraction of sp³-hybridized carbons (Fsp3) is 0.875. The Morgan fingerprint density at radius 2 is 2.05 bits per heavy atom. The number of nitrogens with zero attached hydrogens (tertiary/aromatic N) is 1. The first-order chi connectivity index (χ1) is 10.1. The minimum absolute atomic E-state index is 0.0367. The molecule has 0 aromatic rings. The van der Waals surface area contributed by atoms with Crippen LogP contribution in [-0.2, 0) is 9.53 Å². The number of hydrogen-bond acceptors (Lipinski definition) is 3. The van der Waals surface area contributed by atoms with E-state index in [-0.39, 0.29) is 23.4 Å². The predicted octanol–water partition coefficient (Wildman–Crippen LogP) is 0.880. The molecule has 1 saturated carbocycles. The normalized spacial score (nSPS) is 30.3. The van der Waals surface area contributed by atoms with Gasteiger partial charge in [-0.05, 0) is 27.2 Å². The zero-order valence-corrected chi connectivity index (χ0v) is 14.6. The molecule has 2 rings (SSSR count). The molecule has 3 unspecified atom stereocenters. The molecule has 6 heteroatoms. The number of rotatable bonds is 3. The molecule has 126 valence electrons. The first kappa shape index (κ1) is 17.1. The molecule has 3 N–H and O–H groups in total. The van der Waals surface area contributed by atoms with Crippen LogP contribution in [0.25, 0.3) is 0 Å². The smallest absolute Gasteiger partial charge is 0.239 e. The Bertz CT molecular complexity index is 454. The molecule has 3 atom stereocenters. The topological polar surface area (TPSA) is 74.8 Å². The average molecular weight is 310 g/mol. The van der Waals surface area contributed by atoms with E-state index in [1.165, 1.54) is 0 Å². The van der Waals surface area contributed by atoms with Gasteiger partial charge in [0.25, 0.3) is 0 Å². The van der Waals surface area contributed by atoms with Gasteiger partial charge >= 0.3 is 0 Å². The van der Waals surface area contributed by atoms with Gasteiger partial charge in [-0.2, -0.15) is 0 Å². The monoisotopic (exact) mass is 310 g/mol. The highest BCUT2D eigenvalue weighted by atomic mass is 16.5. The summed E-state index contributed by atoms with van der Waals surface area (Å²) in [6.07, 6.45) is 1.43. The number of aliphatic imine (C=N–C) groups is 1. The van der Waals surface area contributed by atoms with Crippen molar-refractivity contribution in [2.45, 2.75) is 58.7 Å². The van der Waals surface area contributed by atoms with Gasteiger partial charge in [0.15, 0.2) is 5.96 Å². The van der Waals surface area contributed by atoms with Crippen LogP contribution < -0.4 is 16.0 Å². The second-order valence-electron chi connectivity index (χ2n) is 7.91. The lowest BCUT2D eigenvalue weighted by Gasteiger charge is -2.54.